The van der Waals surface area contributed by atoms with E-state index < -0.39 is 35.2 Å². The smallest absolute Gasteiger partial charge is 0.407 e. The zero-order chi connectivity index (χ0) is 46.3. The van der Waals surface area contributed by atoms with Crippen molar-refractivity contribution in [1.82, 2.24) is 29.4 Å². The minimum atomic E-state index is -4.45. The Morgan fingerprint density at radius 1 is 0.810 bits per heavy atom. The van der Waals surface area contributed by atoms with Gasteiger partial charge in [0.2, 0.25) is 15.8 Å². The molecule has 0 aliphatic heterocycles. The van der Waals surface area contributed by atoms with Crippen molar-refractivity contribution in [2.24, 2.45) is 0 Å². The predicted octanol–water partition coefficient (Wildman–Crippen LogP) is 9.67. The molecule has 0 spiro atoms. The molecule has 0 fully saturated rings. The Hall–Kier alpha value is -4.21. The largest absolute Gasteiger partial charge is 0.497 e. The van der Waals surface area contributed by atoms with E-state index in [0.29, 0.717) is 25.7 Å². The maximum atomic E-state index is 15.9. The number of benzene rings is 4. The summed E-state index contributed by atoms with van der Waals surface area (Å²) < 4.78 is 56.7. The van der Waals surface area contributed by atoms with Crippen molar-refractivity contribution in [2.45, 2.75) is 99.9 Å². The van der Waals surface area contributed by atoms with E-state index >= 15 is 8.42 Å². The van der Waals surface area contributed by atoms with Gasteiger partial charge in [0, 0.05) is 45.5 Å². The Bertz CT molecular complexity index is 2370. The molecule has 0 aliphatic carbocycles. The number of hydrogen-bond donors (Lipinski definition) is 1. The van der Waals surface area contributed by atoms with E-state index in [-0.39, 0.29) is 54.1 Å². The summed E-state index contributed by atoms with van der Waals surface area (Å²) in [6, 6.07) is 25.7. The van der Waals surface area contributed by atoms with Crippen molar-refractivity contribution < 1.29 is 37.0 Å². The van der Waals surface area contributed by atoms with Crippen LogP contribution in [0.2, 0.25) is 18.1 Å². The number of amides is 1. The van der Waals surface area contributed by atoms with E-state index in [9.17, 15) is 9.90 Å². The molecular weight excluding hydrogens is 972 g/mol. The standard InChI is InChI=1S/C45H59IN6O8S2Si/c1-44(2,3)51(43(53)54)29-37(30-60-63(10,11)45(4,5)6)61-39-25-24-38(46)40(42-47-49-52(48-42)28-33-16-22-36(59-9)23-17-33)41(39)62(55,56)50(26-31-12-18-34(57-7)19-13-31)27-32-14-20-35(58-8)21-15-32/h12-25,37H,26-30H2,1-11H3,(H,53,54)/t37-/m0/s1. The molecule has 5 aromatic rings. The Morgan fingerprint density at radius 3 is 1.75 bits per heavy atom. The van der Waals surface area contributed by atoms with Crippen LogP contribution in [0.5, 0.6) is 17.2 Å². The number of rotatable bonds is 19. The highest BCUT2D eigenvalue weighted by Gasteiger charge is 2.40. The average Bonchev–Trinajstić information content (AvgIpc) is 3.69. The van der Waals surface area contributed by atoms with Gasteiger partial charge in [0.15, 0.2) is 8.32 Å². The maximum Gasteiger partial charge on any atom is 0.407 e. The summed E-state index contributed by atoms with van der Waals surface area (Å²) in [5.74, 6) is 2.11. The van der Waals surface area contributed by atoms with Crippen LogP contribution in [0.15, 0.2) is 94.7 Å². The van der Waals surface area contributed by atoms with E-state index in [1.54, 1.807) is 51.7 Å². The third-order valence-corrected chi connectivity index (χ3v) is 19.6. The third kappa shape index (κ3) is 12.7. The van der Waals surface area contributed by atoms with Crippen molar-refractivity contribution >= 4 is 58.8 Å². The Balaban J connectivity index is 1.72. The minimum absolute atomic E-state index is 0.0135. The van der Waals surface area contributed by atoms with Gasteiger partial charge in [-0.1, -0.05) is 57.2 Å². The molecule has 0 aliphatic rings. The number of hydrogen-bond acceptors (Lipinski definition) is 11. The predicted molar refractivity (Wildman–Crippen MR) is 258 cm³/mol. The number of aromatic nitrogens is 4. The summed E-state index contributed by atoms with van der Waals surface area (Å²) in [4.78, 5) is 16.0. The first kappa shape index (κ1) is 49.8. The highest BCUT2D eigenvalue weighted by atomic mass is 127. The first-order chi connectivity index (χ1) is 29.6. The number of tetrazole rings is 1. The number of sulfonamides is 1. The number of halogens is 1. The van der Waals surface area contributed by atoms with Crippen LogP contribution in [-0.2, 0) is 34.1 Å². The van der Waals surface area contributed by atoms with Gasteiger partial charge in [-0.05, 0) is 132 Å². The van der Waals surface area contributed by atoms with Crippen LogP contribution in [0, 0.1) is 3.57 Å². The monoisotopic (exact) mass is 1030 g/mol. The fraction of sp³-hybridized carbons (Fsp3) is 0.422. The number of nitrogens with zero attached hydrogens (tertiary/aromatic N) is 6. The van der Waals surface area contributed by atoms with Gasteiger partial charge in [-0.3, -0.25) is 0 Å². The Morgan fingerprint density at radius 2 is 1.30 bits per heavy atom. The number of carbonyl (C=O) groups is 1. The summed E-state index contributed by atoms with van der Waals surface area (Å²) in [6.45, 7) is 16.8. The van der Waals surface area contributed by atoms with Crippen LogP contribution in [-0.4, -0.2) is 103 Å². The number of thioether (sulfide) groups is 1. The molecule has 0 saturated heterocycles. The number of methoxy groups -OCH3 is 3. The number of ether oxygens (including phenoxy) is 3. The normalized spacial score (nSPS) is 12.9. The lowest BCUT2D eigenvalue weighted by Crippen LogP contribution is -2.50. The summed E-state index contributed by atoms with van der Waals surface area (Å²) in [6.07, 6.45) is -1.08. The van der Waals surface area contributed by atoms with E-state index in [1.807, 2.05) is 75.4 Å². The van der Waals surface area contributed by atoms with Crippen LogP contribution in [0.25, 0.3) is 11.4 Å². The molecule has 5 rings (SSSR count). The van der Waals surface area contributed by atoms with Gasteiger partial charge in [0.25, 0.3) is 0 Å². The van der Waals surface area contributed by atoms with Crippen LogP contribution in [0.4, 0.5) is 4.79 Å². The second-order valence-corrected chi connectivity index (χ2v) is 26.8. The van der Waals surface area contributed by atoms with Crippen molar-refractivity contribution in [2.75, 3.05) is 34.5 Å². The Kier molecular flexibility index (Phi) is 16.4. The summed E-state index contributed by atoms with van der Waals surface area (Å²) in [5, 5.41) is 23.4. The SMILES string of the molecule is COc1ccc(CN(Cc2ccc(OC)cc2)S(=O)(=O)c2c(S[C@H](CO[Si](C)(C)C(C)(C)C)CN(C(=O)O)C(C)(C)C)ccc(I)c2-c2nnn(Cc3ccc(OC)cc3)n2)cc1. The second-order valence-electron chi connectivity index (χ2n) is 17.6. The molecule has 0 saturated carbocycles. The molecule has 340 valence electrons. The first-order valence-electron chi connectivity index (χ1n) is 20.4. The fourth-order valence-electron chi connectivity index (χ4n) is 6.29. The molecule has 0 unspecified atom stereocenters. The van der Waals surface area contributed by atoms with E-state index in [4.69, 9.17) is 23.7 Å². The maximum absolute atomic E-state index is 15.9. The molecule has 1 aromatic heterocycles. The highest BCUT2D eigenvalue weighted by molar-refractivity contribution is 14.1. The van der Waals surface area contributed by atoms with Gasteiger partial charge in [-0.25, -0.2) is 13.2 Å². The van der Waals surface area contributed by atoms with Crippen LogP contribution in [0.1, 0.15) is 58.2 Å². The van der Waals surface area contributed by atoms with Crippen LogP contribution in [0.3, 0.4) is 0 Å². The summed E-state index contributed by atoms with van der Waals surface area (Å²) in [5.41, 5.74) is 1.89. The molecule has 1 amide bonds. The van der Waals surface area contributed by atoms with Gasteiger partial charge in [0.1, 0.15) is 22.1 Å². The number of carboxylic acid groups (broad SMARTS) is 1. The molecule has 14 nitrogen and oxygen atoms in total. The average molecular weight is 1030 g/mol. The van der Waals surface area contributed by atoms with E-state index in [1.165, 1.54) is 25.8 Å². The van der Waals surface area contributed by atoms with Crippen LogP contribution < -0.4 is 14.2 Å². The van der Waals surface area contributed by atoms with Gasteiger partial charge < -0.3 is 28.6 Å². The molecule has 1 N–H and O–H groups in total. The lowest BCUT2D eigenvalue weighted by Gasteiger charge is -2.39. The zero-order valence-corrected chi connectivity index (χ0v) is 42.7. The molecular formula is C45H59IN6O8S2Si. The molecule has 0 radical (unpaired) electrons. The van der Waals surface area contributed by atoms with Gasteiger partial charge in [-0.15, -0.1) is 22.0 Å². The molecule has 1 atom stereocenters. The van der Waals surface area contributed by atoms with Gasteiger partial charge >= 0.3 is 6.09 Å². The van der Waals surface area contributed by atoms with Crippen molar-refractivity contribution in [3.8, 4) is 28.6 Å². The topological polar surface area (TPSA) is 158 Å². The zero-order valence-electron chi connectivity index (χ0n) is 37.9. The van der Waals surface area contributed by atoms with Crippen LogP contribution >= 0.6 is 34.4 Å². The molecule has 4 aromatic carbocycles. The lowest BCUT2D eigenvalue weighted by atomic mass is 10.1. The third-order valence-electron chi connectivity index (χ3n) is 11.0. The lowest BCUT2D eigenvalue weighted by molar-refractivity contribution is 0.0970. The quantitative estimate of drug-likeness (QED) is 0.0475. The molecule has 63 heavy (non-hydrogen) atoms. The van der Waals surface area contributed by atoms with Crippen molar-refractivity contribution in [3.63, 3.8) is 0 Å². The van der Waals surface area contributed by atoms with Crippen molar-refractivity contribution in [3.05, 3.63) is 105 Å². The Labute approximate surface area is 391 Å². The van der Waals surface area contributed by atoms with Gasteiger partial charge in [0.05, 0.1) is 33.4 Å². The molecule has 0 bridgehead atoms. The van der Waals surface area contributed by atoms with Crippen molar-refractivity contribution in [1.29, 1.82) is 0 Å². The highest BCUT2D eigenvalue weighted by Crippen LogP contribution is 2.43. The second kappa shape index (κ2) is 20.7. The van der Waals surface area contributed by atoms with Gasteiger partial charge in [-0.2, -0.15) is 9.10 Å². The fourth-order valence-corrected chi connectivity index (χ4v) is 11.5. The minimum Gasteiger partial charge on any atom is -0.497 e. The molecule has 1 heterocycles. The van der Waals surface area contributed by atoms with E-state index in [0.717, 1.165) is 16.7 Å². The summed E-state index contributed by atoms with van der Waals surface area (Å²) >= 11 is 3.41. The summed E-state index contributed by atoms with van der Waals surface area (Å²) in [7, 11) is -2.04. The first-order valence-corrected chi connectivity index (χ1v) is 26.7. The van der Waals surface area contributed by atoms with E-state index in [2.05, 4.69) is 66.8 Å². The molecule has 18 heteroatoms.